The van der Waals surface area contributed by atoms with Crippen molar-refractivity contribution in [3.8, 4) is 11.8 Å². The first-order valence-corrected chi connectivity index (χ1v) is 5.67. The van der Waals surface area contributed by atoms with Gasteiger partial charge in [0, 0.05) is 5.69 Å². The van der Waals surface area contributed by atoms with Crippen LogP contribution in [-0.2, 0) is 0 Å². The molecular weight excluding hydrogens is 230 g/mol. The molecule has 5 nitrogen and oxygen atoms in total. The highest BCUT2D eigenvalue weighted by atomic mass is 16.5. The summed E-state index contributed by atoms with van der Waals surface area (Å²) in [5, 5.41) is 14.2. The molecule has 0 heterocycles. The highest BCUT2D eigenvalue weighted by Crippen LogP contribution is 2.15. The molecule has 1 aromatic carbocycles. The minimum atomic E-state index is -0.851. The first kappa shape index (κ1) is 13.8. The summed E-state index contributed by atoms with van der Waals surface area (Å²) in [6.45, 7) is 3.53. The van der Waals surface area contributed by atoms with Crippen LogP contribution in [0, 0.1) is 11.3 Å². The van der Waals surface area contributed by atoms with Crippen molar-refractivity contribution in [2.45, 2.75) is 25.8 Å². The monoisotopic (exact) mass is 247 g/mol. The van der Waals surface area contributed by atoms with Gasteiger partial charge in [-0.25, -0.2) is 4.79 Å². The lowest BCUT2D eigenvalue weighted by molar-refractivity contribution is 0.244. The Morgan fingerprint density at radius 2 is 2.06 bits per heavy atom. The molecule has 1 atom stereocenters. The van der Waals surface area contributed by atoms with Crippen molar-refractivity contribution < 1.29 is 9.53 Å². The topological polar surface area (TPSA) is 74.2 Å². The van der Waals surface area contributed by atoms with Gasteiger partial charge in [0.1, 0.15) is 11.3 Å². The van der Waals surface area contributed by atoms with E-state index < -0.39 is 11.6 Å². The zero-order valence-corrected chi connectivity index (χ0v) is 10.8. The molecule has 1 aromatic rings. The van der Waals surface area contributed by atoms with Gasteiger partial charge in [0.15, 0.2) is 0 Å². The van der Waals surface area contributed by atoms with Crippen LogP contribution >= 0.6 is 0 Å². The van der Waals surface area contributed by atoms with E-state index in [0.29, 0.717) is 12.1 Å². The molecule has 18 heavy (non-hydrogen) atoms. The van der Waals surface area contributed by atoms with Gasteiger partial charge in [-0.2, -0.15) is 5.26 Å². The third-order valence-electron chi connectivity index (χ3n) is 2.69. The maximum absolute atomic E-state index is 11.7. The van der Waals surface area contributed by atoms with Crippen LogP contribution < -0.4 is 15.4 Å². The average molecular weight is 247 g/mol. The molecule has 2 N–H and O–H groups in total. The van der Waals surface area contributed by atoms with Crippen LogP contribution in [0.2, 0.25) is 0 Å². The fraction of sp³-hybridized carbons (Fsp3) is 0.385. The molecule has 96 valence electrons. The number of carbonyl (C=O) groups is 1. The van der Waals surface area contributed by atoms with Crippen LogP contribution in [0.4, 0.5) is 10.5 Å². The van der Waals surface area contributed by atoms with Crippen molar-refractivity contribution in [1.82, 2.24) is 5.32 Å². The molecule has 0 aromatic heterocycles. The molecule has 1 unspecified atom stereocenters. The van der Waals surface area contributed by atoms with Gasteiger partial charge < -0.3 is 15.4 Å². The van der Waals surface area contributed by atoms with E-state index in [4.69, 9.17) is 10.00 Å². The van der Waals surface area contributed by atoms with E-state index in [0.717, 1.165) is 5.75 Å². The van der Waals surface area contributed by atoms with E-state index in [-0.39, 0.29) is 0 Å². The molecule has 0 saturated heterocycles. The molecule has 0 aliphatic heterocycles. The molecule has 0 aliphatic rings. The molecule has 0 bridgehead atoms. The Morgan fingerprint density at radius 1 is 1.44 bits per heavy atom. The molecule has 1 rings (SSSR count). The van der Waals surface area contributed by atoms with E-state index in [1.54, 1.807) is 38.3 Å². The number of ether oxygens (including phenoxy) is 1. The molecule has 0 fully saturated rings. The first-order valence-electron chi connectivity index (χ1n) is 5.67. The van der Waals surface area contributed by atoms with Crippen LogP contribution in [-0.4, -0.2) is 18.7 Å². The molecule has 2 amide bonds. The summed E-state index contributed by atoms with van der Waals surface area (Å²) in [5.41, 5.74) is -0.207. The van der Waals surface area contributed by atoms with Crippen LogP contribution in [0.3, 0.4) is 0 Å². The second kappa shape index (κ2) is 5.92. The maximum Gasteiger partial charge on any atom is 0.320 e. The van der Waals surface area contributed by atoms with Gasteiger partial charge in [0.2, 0.25) is 0 Å². The zero-order chi connectivity index (χ0) is 13.6. The molecule has 0 spiro atoms. The lowest BCUT2D eigenvalue weighted by Crippen LogP contribution is -2.46. The highest BCUT2D eigenvalue weighted by molar-refractivity contribution is 5.90. The normalized spacial score (nSPS) is 13.0. The summed E-state index contributed by atoms with van der Waals surface area (Å²) < 4.78 is 5.02. The van der Waals surface area contributed by atoms with E-state index in [1.165, 1.54) is 0 Å². The van der Waals surface area contributed by atoms with Gasteiger partial charge in [0.05, 0.1) is 13.2 Å². The molecular formula is C13H17N3O2. The largest absolute Gasteiger partial charge is 0.497 e. The fourth-order valence-corrected chi connectivity index (χ4v) is 1.28. The Balaban J connectivity index is 2.62. The molecule has 0 saturated carbocycles. The number of amides is 2. The van der Waals surface area contributed by atoms with Gasteiger partial charge in [0.25, 0.3) is 0 Å². The van der Waals surface area contributed by atoms with E-state index >= 15 is 0 Å². The third-order valence-corrected chi connectivity index (χ3v) is 2.69. The number of nitriles is 1. The smallest absolute Gasteiger partial charge is 0.320 e. The van der Waals surface area contributed by atoms with Crippen molar-refractivity contribution >= 4 is 11.7 Å². The lowest BCUT2D eigenvalue weighted by atomic mass is 10.0. The Labute approximate surface area is 107 Å². The average Bonchev–Trinajstić information content (AvgIpc) is 2.39. The summed E-state index contributed by atoms with van der Waals surface area (Å²) >= 11 is 0. The second-order valence-electron chi connectivity index (χ2n) is 4.11. The van der Waals surface area contributed by atoms with Gasteiger partial charge in [-0.15, -0.1) is 0 Å². The minimum absolute atomic E-state index is 0.397. The number of hydrogen-bond donors (Lipinski definition) is 2. The number of rotatable bonds is 4. The fourth-order valence-electron chi connectivity index (χ4n) is 1.28. The number of methoxy groups -OCH3 is 1. The number of hydrogen-bond acceptors (Lipinski definition) is 3. The van der Waals surface area contributed by atoms with Gasteiger partial charge in [-0.05, 0) is 37.6 Å². The lowest BCUT2D eigenvalue weighted by Gasteiger charge is -2.21. The predicted octanol–water partition coefficient (Wildman–Crippen LogP) is 2.51. The Hall–Kier alpha value is -2.22. The molecule has 5 heteroatoms. The predicted molar refractivity (Wildman–Crippen MR) is 69.5 cm³/mol. The first-order chi connectivity index (χ1) is 8.53. The molecule has 0 aliphatic carbocycles. The summed E-state index contributed by atoms with van der Waals surface area (Å²) in [7, 11) is 1.58. The Bertz CT molecular complexity index is 450. The number of nitrogens with zero attached hydrogens (tertiary/aromatic N) is 1. The number of urea groups is 1. The number of anilines is 1. The van der Waals surface area contributed by atoms with E-state index in [9.17, 15) is 4.79 Å². The van der Waals surface area contributed by atoms with Crippen LogP contribution in [0.1, 0.15) is 20.3 Å². The summed E-state index contributed by atoms with van der Waals surface area (Å²) in [5.74, 6) is 0.719. The van der Waals surface area contributed by atoms with Crippen molar-refractivity contribution in [2.24, 2.45) is 0 Å². The van der Waals surface area contributed by atoms with Gasteiger partial charge >= 0.3 is 6.03 Å². The second-order valence-corrected chi connectivity index (χ2v) is 4.11. The van der Waals surface area contributed by atoms with Crippen molar-refractivity contribution in [2.75, 3.05) is 12.4 Å². The van der Waals surface area contributed by atoms with Crippen LogP contribution in [0.25, 0.3) is 0 Å². The summed E-state index contributed by atoms with van der Waals surface area (Å²) in [6, 6.07) is 8.63. The summed E-state index contributed by atoms with van der Waals surface area (Å²) in [4.78, 5) is 11.7. The van der Waals surface area contributed by atoms with Crippen molar-refractivity contribution in [3.63, 3.8) is 0 Å². The number of carbonyl (C=O) groups excluding carboxylic acids is 1. The van der Waals surface area contributed by atoms with Crippen LogP contribution in [0.5, 0.6) is 5.75 Å². The van der Waals surface area contributed by atoms with Crippen molar-refractivity contribution in [3.05, 3.63) is 24.3 Å². The standard InChI is InChI=1S/C13H17N3O2/c1-4-13(2,9-14)16-12(17)15-10-5-7-11(18-3)8-6-10/h5-8H,4H2,1-3H3,(H2,15,16,17). The van der Waals surface area contributed by atoms with Crippen molar-refractivity contribution in [1.29, 1.82) is 5.26 Å². The minimum Gasteiger partial charge on any atom is -0.497 e. The van der Waals surface area contributed by atoms with Gasteiger partial charge in [-0.3, -0.25) is 0 Å². The Kier molecular flexibility index (Phi) is 4.55. The van der Waals surface area contributed by atoms with Gasteiger partial charge in [-0.1, -0.05) is 6.92 Å². The van der Waals surface area contributed by atoms with E-state index in [1.807, 2.05) is 6.92 Å². The van der Waals surface area contributed by atoms with E-state index in [2.05, 4.69) is 16.7 Å². The molecule has 0 radical (unpaired) electrons. The zero-order valence-electron chi connectivity index (χ0n) is 10.8. The maximum atomic E-state index is 11.7. The van der Waals surface area contributed by atoms with Crippen LogP contribution in [0.15, 0.2) is 24.3 Å². The quantitative estimate of drug-likeness (QED) is 0.858. The number of nitrogens with one attached hydrogen (secondary N) is 2. The number of benzene rings is 1. The SMILES string of the molecule is CCC(C)(C#N)NC(=O)Nc1ccc(OC)cc1. The summed E-state index contributed by atoms with van der Waals surface area (Å²) in [6.07, 6.45) is 0.541. The third kappa shape index (κ3) is 3.67. The highest BCUT2D eigenvalue weighted by Gasteiger charge is 2.23. The Morgan fingerprint density at radius 3 is 2.50 bits per heavy atom.